The van der Waals surface area contributed by atoms with Crippen LogP contribution in [0, 0.1) is 0 Å². The Morgan fingerprint density at radius 1 is 1.24 bits per heavy atom. The fourth-order valence-corrected chi connectivity index (χ4v) is 1.96. The molecule has 0 unspecified atom stereocenters. The van der Waals surface area contributed by atoms with Gasteiger partial charge in [0.2, 0.25) is 0 Å². The first-order chi connectivity index (χ1) is 8.26. The van der Waals surface area contributed by atoms with E-state index in [0.717, 1.165) is 16.3 Å². The van der Waals surface area contributed by atoms with E-state index >= 15 is 0 Å². The molecule has 1 atom stereocenters. The summed E-state index contributed by atoms with van der Waals surface area (Å²) in [4.78, 5) is 13.9. The van der Waals surface area contributed by atoms with Gasteiger partial charge in [-0.15, -0.1) is 0 Å². The predicted molar refractivity (Wildman–Crippen MR) is 67.7 cm³/mol. The second-order valence-corrected chi connectivity index (χ2v) is 3.89. The lowest BCUT2D eigenvalue weighted by molar-refractivity contribution is -0.142. The van der Waals surface area contributed by atoms with E-state index in [1.807, 2.05) is 42.5 Å². The third kappa shape index (κ3) is 2.40. The molecule has 17 heavy (non-hydrogen) atoms. The van der Waals surface area contributed by atoms with Gasteiger partial charge < -0.3 is 4.74 Å². The van der Waals surface area contributed by atoms with Crippen molar-refractivity contribution >= 4 is 28.5 Å². The summed E-state index contributed by atoms with van der Waals surface area (Å²) in [6.07, 6.45) is 0. The zero-order valence-corrected chi connectivity index (χ0v) is 10.1. The Balaban J connectivity index is 2.44. The van der Waals surface area contributed by atoms with Gasteiger partial charge in [0, 0.05) is 0 Å². The smallest absolute Gasteiger partial charge is 0.328 e. The average molecular weight is 250 g/mol. The summed E-state index contributed by atoms with van der Waals surface area (Å²) >= 11 is 5.58. The van der Waals surface area contributed by atoms with Gasteiger partial charge in [-0.25, -0.2) is 9.63 Å². The first kappa shape index (κ1) is 11.9. The molecule has 4 heteroatoms. The van der Waals surface area contributed by atoms with E-state index in [0.29, 0.717) is 0 Å². The maximum absolute atomic E-state index is 11.5. The molecule has 0 saturated carbocycles. The number of hydrogen-bond donors (Lipinski definition) is 1. The number of hydrogen-bond acceptors (Lipinski definition) is 3. The van der Waals surface area contributed by atoms with Crippen molar-refractivity contribution in [3.63, 3.8) is 0 Å². The van der Waals surface area contributed by atoms with Crippen LogP contribution in [0.25, 0.3) is 10.8 Å². The van der Waals surface area contributed by atoms with Gasteiger partial charge in [0.25, 0.3) is 0 Å². The summed E-state index contributed by atoms with van der Waals surface area (Å²) in [5.41, 5.74) is 0.783. The highest BCUT2D eigenvalue weighted by atomic mass is 35.5. The van der Waals surface area contributed by atoms with Gasteiger partial charge in [-0.05, 0) is 34.2 Å². The Kier molecular flexibility index (Phi) is 3.61. The molecule has 0 aliphatic heterocycles. The molecular weight excluding hydrogens is 238 g/mol. The molecule has 0 heterocycles. The van der Waals surface area contributed by atoms with E-state index in [-0.39, 0.29) is 0 Å². The van der Waals surface area contributed by atoms with E-state index in [2.05, 4.69) is 9.57 Å². The lowest BCUT2D eigenvalue weighted by Crippen LogP contribution is -2.23. The van der Waals surface area contributed by atoms with Crippen molar-refractivity contribution in [3.8, 4) is 0 Å². The molecule has 0 spiro atoms. The molecule has 2 aromatic rings. The second-order valence-electron chi connectivity index (χ2n) is 3.67. The zero-order valence-electron chi connectivity index (χ0n) is 9.31. The number of carbonyl (C=O) groups excluding carboxylic acids is 1. The highest BCUT2D eigenvalue weighted by Crippen LogP contribution is 2.21. The molecule has 2 aromatic carbocycles. The molecule has 0 aliphatic rings. The van der Waals surface area contributed by atoms with Crippen LogP contribution in [-0.4, -0.2) is 13.1 Å². The van der Waals surface area contributed by atoms with Crippen molar-refractivity contribution in [1.82, 2.24) is 4.84 Å². The molecule has 2 rings (SSSR count). The molecule has 0 aliphatic carbocycles. The lowest BCUT2D eigenvalue weighted by Gasteiger charge is -2.13. The maximum atomic E-state index is 11.5. The number of methoxy groups -OCH3 is 1. The summed E-state index contributed by atoms with van der Waals surface area (Å²) in [6, 6.07) is 13.0. The summed E-state index contributed by atoms with van der Waals surface area (Å²) < 4.78 is 4.68. The molecule has 0 bridgehead atoms. The van der Waals surface area contributed by atoms with Crippen molar-refractivity contribution in [2.24, 2.45) is 0 Å². The van der Waals surface area contributed by atoms with Crippen molar-refractivity contribution in [2.75, 3.05) is 7.11 Å². The normalized spacial score (nSPS) is 12.4. The Morgan fingerprint density at radius 3 is 2.59 bits per heavy atom. The monoisotopic (exact) mass is 249 g/mol. The van der Waals surface area contributed by atoms with Crippen LogP contribution in [0.4, 0.5) is 0 Å². The number of esters is 1. The Labute approximate surface area is 104 Å². The topological polar surface area (TPSA) is 38.3 Å². The molecule has 88 valence electrons. The SMILES string of the molecule is COC(=O)[C@@H](NCl)c1ccc2ccccc2c1. The Morgan fingerprint density at radius 2 is 1.94 bits per heavy atom. The molecule has 3 nitrogen and oxygen atoms in total. The van der Waals surface area contributed by atoms with E-state index in [1.165, 1.54) is 7.11 Å². The quantitative estimate of drug-likeness (QED) is 0.672. The Bertz CT molecular complexity index is 542. The summed E-state index contributed by atoms with van der Waals surface area (Å²) in [7, 11) is 1.34. The van der Waals surface area contributed by atoms with Crippen molar-refractivity contribution in [3.05, 3.63) is 48.0 Å². The summed E-state index contributed by atoms with van der Waals surface area (Å²) in [5, 5.41) is 2.18. The van der Waals surface area contributed by atoms with Gasteiger partial charge in [-0.3, -0.25) is 0 Å². The van der Waals surface area contributed by atoms with Crippen molar-refractivity contribution in [2.45, 2.75) is 6.04 Å². The standard InChI is InChI=1S/C13H12ClNO2/c1-17-13(16)12(15-14)11-7-6-9-4-2-3-5-10(9)8-11/h2-8,12,15H,1H3/t12-/m0/s1. The van der Waals surface area contributed by atoms with Gasteiger partial charge in [0.1, 0.15) is 6.04 Å². The van der Waals surface area contributed by atoms with Gasteiger partial charge in [-0.2, -0.15) is 0 Å². The summed E-state index contributed by atoms with van der Waals surface area (Å²) in [6.45, 7) is 0. The van der Waals surface area contributed by atoms with E-state index in [9.17, 15) is 4.79 Å². The second kappa shape index (κ2) is 5.17. The van der Waals surface area contributed by atoms with Crippen LogP contribution in [-0.2, 0) is 9.53 Å². The minimum Gasteiger partial charge on any atom is -0.468 e. The number of carbonyl (C=O) groups is 1. The van der Waals surface area contributed by atoms with Gasteiger partial charge in [0.15, 0.2) is 0 Å². The average Bonchev–Trinajstić information content (AvgIpc) is 2.39. The van der Waals surface area contributed by atoms with Gasteiger partial charge in [0.05, 0.1) is 7.11 Å². The molecule has 0 amide bonds. The van der Waals surface area contributed by atoms with E-state index in [1.54, 1.807) is 0 Å². The van der Waals surface area contributed by atoms with Gasteiger partial charge >= 0.3 is 5.97 Å². The molecule has 0 aromatic heterocycles. The summed E-state index contributed by atoms with van der Waals surface area (Å²) in [5.74, 6) is -0.407. The largest absolute Gasteiger partial charge is 0.468 e. The fourth-order valence-electron chi connectivity index (χ4n) is 1.75. The predicted octanol–water partition coefficient (Wildman–Crippen LogP) is 2.80. The van der Waals surface area contributed by atoms with Crippen LogP contribution in [0.5, 0.6) is 0 Å². The van der Waals surface area contributed by atoms with Gasteiger partial charge in [-0.1, -0.05) is 36.4 Å². The molecule has 0 fully saturated rings. The van der Waals surface area contributed by atoms with Crippen molar-refractivity contribution in [1.29, 1.82) is 0 Å². The highest BCUT2D eigenvalue weighted by Gasteiger charge is 2.20. The Hall–Kier alpha value is -1.58. The highest BCUT2D eigenvalue weighted by molar-refractivity contribution is 6.15. The molecule has 0 saturated heterocycles. The van der Waals surface area contributed by atoms with Crippen molar-refractivity contribution < 1.29 is 9.53 Å². The number of rotatable bonds is 3. The van der Waals surface area contributed by atoms with E-state index in [4.69, 9.17) is 11.8 Å². The third-order valence-electron chi connectivity index (χ3n) is 2.65. The minimum absolute atomic E-state index is 0.407. The van der Waals surface area contributed by atoms with Crippen LogP contribution in [0.2, 0.25) is 0 Å². The van der Waals surface area contributed by atoms with Crippen LogP contribution >= 0.6 is 11.8 Å². The first-order valence-corrected chi connectivity index (χ1v) is 5.56. The zero-order chi connectivity index (χ0) is 12.3. The fraction of sp³-hybridized carbons (Fsp3) is 0.154. The van der Waals surface area contributed by atoms with Crippen LogP contribution in [0.15, 0.2) is 42.5 Å². The molecule has 0 radical (unpaired) electrons. The number of fused-ring (bicyclic) bond motifs is 1. The van der Waals surface area contributed by atoms with Crippen LogP contribution in [0.3, 0.4) is 0 Å². The number of halogens is 1. The number of nitrogens with one attached hydrogen (secondary N) is 1. The third-order valence-corrected chi connectivity index (χ3v) is 2.87. The van der Waals surface area contributed by atoms with Crippen LogP contribution in [0.1, 0.15) is 11.6 Å². The maximum Gasteiger partial charge on any atom is 0.328 e. The van der Waals surface area contributed by atoms with E-state index < -0.39 is 12.0 Å². The number of benzene rings is 2. The lowest BCUT2D eigenvalue weighted by atomic mass is 10.0. The molecular formula is C13H12ClNO2. The first-order valence-electron chi connectivity index (χ1n) is 5.19. The molecule has 1 N–H and O–H groups in total. The number of ether oxygens (including phenoxy) is 1. The minimum atomic E-state index is -0.647. The van der Waals surface area contributed by atoms with Crippen LogP contribution < -0.4 is 4.84 Å².